The Bertz CT molecular complexity index is 600. The van der Waals surface area contributed by atoms with Gasteiger partial charge in [-0.2, -0.15) is 5.10 Å². The number of ether oxygens (including phenoxy) is 2. The summed E-state index contributed by atoms with van der Waals surface area (Å²) < 4.78 is 11.0. The van der Waals surface area contributed by atoms with Crippen molar-refractivity contribution < 1.29 is 14.3 Å². The molecular formula is C15H19N3O3S. The average molecular weight is 321 g/mol. The van der Waals surface area contributed by atoms with E-state index in [1.165, 1.54) is 11.8 Å². The zero-order chi connectivity index (χ0) is 15.9. The van der Waals surface area contributed by atoms with Crippen molar-refractivity contribution in [1.29, 1.82) is 0 Å². The minimum absolute atomic E-state index is 0.0488. The minimum Gasteiger partial charge on any atom is -0.493 e. The van der Waals surface area contributed by atoms with Gasteiger partial charge in [0.05, 0.1) is 25.7 Å². The van der Waals surface area contributed by atoms with Crippen molar-refractivity contribution in [3.05, 3.63) is 23.8 Å². The fourth-order valence-corrected chi connectivity index (χ4v) is 2.30. The SMILES string of the molecule is COc1cc(C=NN=C2NC(=O)CS2)ccc1OCC(C)C. The van der Waals surface area contributed by atoms with Gasteiger partial charge in [0.2, 0.25) is 5.91 Å². The van der Waals surface area contributed by atoms with E-state index in [2.05, 4.69) is 29.4 Å². The van der Waals surface area contributed by atoms with Gasteiger partial charge in [0.25, 0.3) is 0 Å². The second-order valence-corrected chi connectivity index (χ2v) is 6.07. The second kappa shape index (κ2) is 7.84. The van der Waals surface area contributed by atoms with E-state index in [9.17, 15) is 4.79 Å². The van der Waals surface area contributed by atoms with Crippen LogP contribution in [0.1, 0.15) is 19.4 Å². The van der Waals surface area contributed by atoms with Gasteiger partial charge >= 0.3 is 0 Å². The number of rotatable bonds is 6. The molecule has 22 heavy (non-hydrogen) atoms. The molecule has 118 valence electrons. The molecule has 1 aromatic carbocycles. The Labute approximate surface area is 134 Å². The molecule has 0 unspecified atom stereocenters. The van der Waals surface area contributed by atoms with Gasteiger partial charge in [-0.15, -0.1) is 5.10 Å². The summed E-state index contributed by atoms with van der Waals surface area (Å²) in [4.78, 5) is 11.0. The molecule has 0 radical (unpaired) electrons. The third-order valence-corrected chi connectivity index (χ3v) is 3.57. The molecule has 1 aliphatic rings. The van der Waals surface area contributed by atoms with Gasteiger partial charge in [0.15, 0.2) is 16.7 Å². The van der Waals surface area contributed by atoms with Crippen LogP contribution in [0.5, 0.6) is 11.5 Å². The molecule has 0 saturated carbocycles. The molecule has 1 heterocycles. The lowest BCUT2D eigenvalue weighted by Crippen LogP contribution is -2.19. The van der Waals surface area contributed by atoms with E-state index < -0.39 is 0 Å². The number of methoxy groups -OCH3 is 1. The molecule has 1 N–H and O–H groups in total. The summed E-state index contributed by atoms with van der Waals surface area (Å²) in [7, 11) is 1.60. The number of amidine groups is 1. The lowest BCUT2D eigenvalue weighted by Gasteiger charge is -2.12. The zero-order valence-corrected chi connectivity index (χ0v) is 13.6. The predicted molar refractivity (Wildman–Crippen MR) is 89.0 cm³/mol. The van der Waals surface area contributed by atoms with E-state index in [1.807, 2.05) is 18.2 Å². The molecule has 6 nitrogen and oxygen atoms in total. The summed E-state index contributed by atoms with van der Waals surface area (Å²) >= 11 is 1.34. The van der Waals surface area contributed by atoms with Crippen molar-refractivity contribution in [3.63, 3.8) is 0 Å². The highest BCUT2D eigenvalue weighted by Gasteiger charge is 2.15. The first-order chi connectivity index (χ1) is 10.6. The number of amides is 1. The first kappa shape index (κ1) is 16.4. The maximum Gasteiger partial charge on any atom is 0.236 e. The molecule has 1 aliphatic heterocycles. The molecule has 7 heteroatoms. The second-order valence-electron chi connectivity index (χ2n) is 5.10. The van der Waals surface area contributed by atoms with Gasteiger partial charge in [-0.1, -0.05) is 25.6 Å². The summed E-state index contributed by atoms with van der Waals surface area (Å²) in [6.07, 6.45) is 1.60. The molecule has 1 amide bonds. The fraction of sp³-hybridized carbons (Fsp3) is 0.400. The molecule has 2 rings (SSSR count). The molecule has 0 spiro atoms. The smallest absolute Gasteiger partial charge is 0.236 e. The van der Waals surface area contributed by atoms with E-state index in [1.54, 1.807) is 13.3 Å². The largest absolute Gasteiger partial charge is 0.493 e. The number of hydrogen-bond acceptors (Lipinski definition) is 6. The van der Waals surface area contributed by atoms with E-state index in [0.29, 0.717) is 34.9 Å². The van der Waals surface area contributed by atoms with Crippen LogP contribution >= 0.6 is 11.8 Å². The van der Waals surface area contributed by atoms with Gasteiger partial charge in [-0.25, -0.2) is 0 Å². The first-order valence-electron chi connectivity index (χ1n) is 6.93. The number of carbonyl (C=O) groups excluding carboxylic acids is 1. The average Bonchev–Trinajstić information content (AvgIpc) is 2.91. The van der Waals surface area contributed by atoms with Crippen molar-refractivity contribution in [3.8, 4) is 11.5 Å². The quantitative estimate of drug-likeness (QED) is 0.644. The summed E-state index contributed by atoms with van der Waals surface area (Å²) in [6.45, 7) is 4.81. The van der Waals surface area contributed by atoms with Crippen molar-refractivity contribution in [2.24, 2.45) is 16.1 Å². The lowest BCUT2D eigenvalue weighted by molar-refractivity contribution is -0.116. The summed E-state index contributed by atoms with van der Waals surface area (Å²) in [5, 5.41) is 11.1. The summed E-state index contributed by atoms with van der Waals surface area (Å²) in [5.41, 5.74) is 0.840. The monoisotopic (exact) mass is 321 g/mol. The molecule has 0 bridgehead atoms. The van der Waals surface area contributed by atoms with Gasteiger partial charge in [0, 0.05) is 0 Å². The van der Waals surface area contributed by atoms with Crippen LogP contribution in [-0.4, -0.2) is 36.8 Å². The topological polar surface area (TPSA) is 72.3 Å². The molecule has 0 aromatic heterocycles. The highest BCUT2D eigenvalue weighted by atomic mass is 32.2. The minimum atomic E-state index is -0.0488. The standard InChI is InChI=1S/C15H19N3O3S/c1-10(2)8-21-12-5-4-11(6-13(12)20-3)7-16-18-15-17-14(19)9-22-15/h4-7,10H,8-9H2,1-3H3,(H,17,18,19). The maximum atomic E-state index is 11.0. The Morgan fingerprint density at radius 2 is 2.23 bits per heavy atom. The van der Waals surface area contributed by atoms with Crippen LogP contribution in [0.25, 0.3) is 0 Å². The highest BCUT2D eigenvalue weighted by Crippen LogP contribution is 2.28. The molecule has 0 aliphatic carbocycles. The zero-order valence-electron chi connectivity index (χ0n) is 12.8. The third-order valence-electron chi connectivity index (χ3n) is 2.70. The Morgan fingerprint density at radius 3 is 2.86 bits per heavy atom. The number of nitrogens with zero attached hydrogens (tertiary/aromatic N) is 2. The van der Waals surface area contributed by atoms with Gasteiger partial charge in [-0.05, 0) is 29.7 Å². The van der Waals surface area contributed by atoms with Crippen molar-refractivity contribution in [2.45, 2.75) is 13.8 Å². The number of thioether (sulfide) groups is 1. The van der Waals surface area contributed by atoms with Gasteiger partial charge < -0.3 is 14.8 Å². The van der Waals surface area contributed by atoms with E-state index in [-0.39, 0.29) is 5.91 Å². The van der Waals surface area contributed by atoms with Crippen molar-refractivity contribution in [1.82, 2.24) is 5.32 Å². The fourth-order valence-electron chi connectivity index (χ4n) is 1.67. The van der Waals surface area contributed by atoms with Crippen molar-refractivity contribution in [2.75, 3.05) is 19.5 Å². The third kappa shape index (κ3) is 4.77. The van der Waals surface area contributed by atoms with Crippen LogP contribution in [0.3, 0.4) is 0 Å². The van der Waals surface area contributed by atoms with Crippen LogP contribution in [0, 0.1) is 5.92 Å². The Morgan fingerprint density at radius 1 is 1.41 bits per heavy atom. The van der Waals surface area contributed by atoms with Crippen LogP contribution in [-0.2, 0) is 4.79 Å². The highest BCUT2D eigenvalue weighted by molar-refractivity contribution is 8.15. The van der Waals surface area contributed by atoms with Crippen LogP contribution in [0.15, 0.2) is 28.4 Å². The van der Waals surface area contributed by atoms with Gasteiger partial charge in [-0.3, -0.25) is 4.79 Å². The molecule has 0 atom stereocenters. The van der Waals surface area contributed by atoms with E-state index >= 15 is 0 Å². The van der Waals surface area contributed by atoms with Crippen LogP contribution in [0.2, 0.25) is 0 Å². The van der Waals surface area contributed by atoms with Gasteiger partial charge in [0.1, 0.15) is 0 Å². The normalized spacial score (nSPS) is 16.5. The lowest BCUT2D eigenvalue weighted by atomic mass is 10.2. The first-order valence-corrected chi connectivity index (χ1v) is 7.91. The molecule has 1 saturated heterocycles. The van der Waals surface area contributed by atoms with Crippen LogP contribution < -0.4 is 14.8 Å². The Hall–Kier alpha value is -2.02. The molecule has 1 aromatic rings. The summed E-state index contributed by atoms with van der Waals surface area (Å²) in [6, 6.07) is 5.56. The number of benzene rings is 1. The number of carbonyl (C=O) groups is 1. The Kier molecular flexibility index (Phi) is 5.83. The van der Waals surface area contributed by atoms with Crippen molar-refractivity contribution >= 4 is 29.1 Å². The number of nitrogens with one attached hydrogen (secondary N) is 1. The molecule has 1 fully saturated rings. The van der Waals surface area contributed by atoms with Crippen LogP contribution in [0.4, 0.5) is 0 Å². The predicted octanol–water partition coefficient (Wildman–Crippen LogP) is 2.28. The van der Waals surface area contributed by atoms with E-state index in [0.717, 1.165) is 5.56 Å². The maximum absolute atomic E-state index is 11.0. The number of hydrogen-bond donors (Lipinski definition) is 1. The van der Waals surface area contributed by atoms with E-state index in [4.69, 9.17) is 9.47 Å². The summed E-state index contributed by atoms with van der Waals surface area (Å²) in [5.74, 6) is 2.15. The Balaban J connectivity index is 2.04. The molecular weight excluding hydrogens is 302 g/mol.